The lowest BCUT2D eigenvalue weighted by Gasteiger charge is -2.00. The van der Waals surface area contributed by atoms with Crippen molar-refractivity contribution >= 4 is 40.6 Å². The molecule has 0 rings (SSSR count). The second kappa shape index (κ2) is 4.22. The minimum absolute atomic E-state index is 0.0497. The van der Waals surface area contributed by atoms with E-state index in [4.69, 9.17) is 34.8 Å². The van der Waals surface area contributed by atoms with Gasteiger partial charge in [-0.1, -0.05) is 41.7 Å². The molecule has 0 N–H and O–H groups in total. The molecule has 0 spiro atoms. The Hall–Kier alpha value is 0.280. The molecule has 10 heavy (non-hydrogen) atoms. The molecule has 0 amide bonds. The van der Waals surface area contributed by atoms with Crippen molar-refractivity contribution in [1.82, 2.24) is 0 Å². The van der Waals surface area contributed by atoms with Crippen LogP contribution in [0.15, 0.2) is 12.2 Å². The van der Waals surface area contributed by atoms with Crippen molar-refractivity contribution in [1.29, 1.82) is 0 Å². The van der Waals surface area contributed by atoms with E-state index in [1.54, 1.807) is 6.92 Å². The lowest BCUT2D eigenvalue weighted by atomic mass is 10.3. The SMILES string of the molecule is CCC(=O)C=CC(Cl)(Cl)Cl. The van der Waals surface area contributed by atoms with E-state index < -0.39 is 3.79 Å². The summed E-state index contributed by atoms with van der Waals surface area (Å²) in [4.78, 5) is 10.6. The number of hydrogen-bond acceptors (Lipinski definition) is 1. The minimum atomic E-state index is -1.45. The smallest absolute Gasteiger partial charge is 0.209 e. The second-order valence-electron chi connectivity index (χ2n) is 1.69. The first-order valence-electron chi connectivity index (χ1n) is 2.74. The fourth-order valence-electron chi connectivity index (χ4n) is 0.305. The molecule has 0 atom stereocenters. The van der Waals surface area contributed by atoms with Gasteiger partial charge < -0.3 is 0 Å². The molecule has 0 aliphatic rings. The third kappa shape index (κ3) is 6.40. The van der Waals surface area contributed by atoms with Gasteiger partial charge in [-0.05, 0) is 12.2 Å². The Balaban J connectivity index is 3.88. The fraction of sp³-hybridized carbons (Fsp3) is 0.500. The molecule has 1 nitrogen and oxygen atoms in total. The van der Waals surface area contributed by atoms with E-state index in [1.165, 1.54) is 12.2 Å². The van der Waals surface area contributed by atoms with Gasteiger partial charge in [0.1, 0.15) is 0 Å². The Morgan fingerprint density at radius 1 is 1.50 bits per heavy atom. The highest BCUT2D eigenvalue weighted by Gasteiger charge is 2.13. The molecule has 0 aliphatic carbocycles. The van der Waals surface area contributed by atoms with Crippen LogP contribution in [0.2, 0.25) is 0 Å². The summed E-state index contributed by atoms with van der Waals surface area (Å²) >= 11 is 16.0. The molecular formula is C6H7Cl3O. The minimum Gasteiger partial charge on any atom is -0.295 e. The van der Waals surface area contributed by atoms with Crippen molar-refractivity contribution in [2.75, 3.05) is 0 Å². The van der Waals surface area contributed by atoms with Crippen molar-refractivity contribution in [3.8, 4) is 0 Å². The summed E-state index contributed by atoms with van der Waals surface area (Å²) in [6.07, 6.45) is 2.94. The largest absolute Gasteiger partial charge is 0.295 e. The van der Waals surface area contributed by atoms with E-state index in [1.807, 2.05) is 0 Å². The van der Waals surface area contributed by atoms with Gasteiger partial charge in [0.05, 0.1) is 0 Å². The lowest BCUT2D eigenvalue weighted by Crippen LogP contribution is -1.97. The number of carbonyl (C=O) groups excluding carboxylic acids is 1. The predicted octanol–water partition coefficient (Wildman–Crippen LogP) is 2.89. The molecule has 0 radical (unpaired) electrons. The summed E-state index contributed by atoms with van der Waals surface area (Å²) in [5, 5.41) is 0. The van der Waals surface area contributed by atoms with Crippen LogP contribution in [-0.2, 0) is 4.79 Å². The Morgan fingerprint density at radius 3 is 2.30 bits per heavy atom. The topological polar surface area (TPSA) is 17.1 Å². The summed E-state index contributed by atoms with van der Waals surface area (Å²) < 4.78 is -1.45. The van der Waals surface area contributed by atoms with Crippen molar-refractivity contribution in [3.63, 3.8) is 0 Å². The molecule has 0 heterocycles. The van der Waals surface area contributed by atoms with Crippen molar-refractivity contribution in [2.45, 2.75) is 17.1 Å². The molecule has 0 aromatic rings. The molecule has 0 bridgehead atoms. The molecule has 0 saturated heterocycles. The zero-order valence-electron chi connectivity index (χ0n) is 5.40. The Kier molecular flexibility index (Phi) is 4.34. The summed E-state index contributed by atoms with van der Waals surface area (Å²) in [5.74, 6) is -0.0497. The van der Waals surface area contributed by atoms with Gasteiger partial charge in [-0.15, -0.1) is 0 Å². The van der Waals surface area contributed by atoms with Crippen LogP contribution in [0.1, 0.15) is 13.3 Å². The van der Waals surface area contributed by atoms with E-state index in [0.29, 0.717) is 6.42 Å². The number of ketones is 1. The van der Waals surface area contributed by atoms with E-state index in [9.17, 15) is 4.79 Å². The van der Waals surface area contributed by atoms with Crippen molar-refractivity contribution in [3.05, 3.63) is 12.2 Å². The Labute approximate surface area is 74.9 Å². The highest BCUT2D eigenvalue weighted by molar-refractivity contribution is 6.69. The van der Waals surface area contributed by atoms with Gasteiger partial charge in [-0.25, -0.2) is 0 Å². The standard InChI is InChI=1S/C6H7Cl3O/c1-2-5(10)3-4-6(7,8)9/h3-4H,2H2,1H3. The maximum atomic E-state index is 10.6. The summed E-state index contributed by atoms with van der Waals surface area (Å²) in [6, 6.07) is 0. The van der Waals surface area contributed by atoms with Gasteiger partial charge in [0.15, 0.2) is 5.78 Å². The highest BCUT2D eigenvalue weighted by Crippen LogP contribution is 2.27. The van der Waals surface area contributed by atoms with E-state index in [2.05, 4.69) is 0 Å². The van der Waals surface area contributed by atoms with Gasteiger partial charge in [-0.2, -0.15) is 0 Å². The van der Waals surface area contributed by atoms with E-state index in [-0.39, 0.29) is 5.78 Å². The van der Waals surface area contributed by atoms with Crippen LogP contribution in [0, 0.1) is 0 Å². The number of halogens is 3. The molecule has 0 aliphatic heterocycles. The zero-order chi connectivity index (χ0) is 8.20. The maximum absolute atomic E-state index is 10.6. The summed E-state index contributed by atoms with van der Waals surface area (Å²) in [5.41, 5.74) is 0. The first kappa shape index (κ1) is 10.3. The zero-order valence-corrected chi connectivity index (χ0v) is 7.67. The van der Waals surface area contributed by atoms with Gasteiger partial charge in [0, 0.05) is 6.42 Å². The third-order valence-corrected chi connectivity index (χ3v) is 1.18. The Bertz CT molecular complexity index is 146. The molecule has 0 unspecified atom stereocenters. The average Bonchev–Trinajstić information content (AvgIpc) is 1.81. The predicted molar refractivity (Wildman–Crippen MR) is 44.7 cm³/mol. The first-order chi connectivity index (χ1) is 4.45. The molecule has 0 saturated carbocycles. The van der Waals surface area contributed by atoms with Crippen LogP contribution < -0.4 is 0 Å². The average molecular weight is 201 g/mol. The van der Waals surface area contributed by atoms with Crippen molar-refractivity contribution < 1.29 is 4.79 Å². The van der Waals surface area contributed by atoms with E-state index in [0.717, 1.165) is 0 Å². The molecule has 0 fully saturated rings. The number of rotatable bonds is 2. The molecule has 58 valence electrons. The monoisotopic (exact) mass is 200 g/mol. The van der Waals surface area contributed by atoms with E-state index >= 15 is 0 Å². The second-order valence-corrected chi connectivity index (χ2v) is 4.06. The number of carbonyl (C=O) groups is 1. The maximum Gasteiger partial charge on any atom is 0.209 e. The molecule has 0 aromatic heterocycles. The third-order valence-electron chi connectivity index (χ3n) is 0.807. The number of hydrogen-bond donors (Lipinski definition) is 0. The first-order valence-corrected chi connectivity index (χ1v) is 3.88. The molecular weight excluding hydrogens is 194 g/mol. The lowest BCUT2D eigenvalue weighted by molar-refractivity contribution is -0.114. The highest BCUT2D eigenvalue weighted by atomic mass is 35.6. The number of alkyl halides is 3. The normalized spacial score (nSPS) is 12.4. The van der Waals surface area contributed by atoms with Gasteiger partial charge in [-0.3, -0.25) is 4.79 Å². The van der Waals surface area contributed by atoms with Crippen LogP contribution >= 0.6 is 34.8 Å². The van der Waals surface area contributed by atoms with Crippen LogP contribution in [0.25, 0.3) is 0 Å². The van der Waals surface area contributed by atoms with Gasteiger partial charge in [0.2, 0.25) is 3.79 Å². The van der Waals surface area contributed by atoms with Gasteiger partial charge >= 0.3 is 0 Å². The quantitative estimate of drug-likeness (QED) is 0.496. The van der Waals surface area contributed by atoms with Crippen LogP contribution in [0.5, 0.6) is 0 Å². The summed E-state index contributed by atoms with van der Waals surface area (Å²) in [6.45, 7) is 1.74. The van der Waals surface area contributed by atoms with Crippen LogP contribution in [0.4, 0.5) is 0 Å². The van der Waals surface area contributed by atoms with Crippen LogP contribution in [-0.4, -0.2) is 9.58 Å². The molecule has 0 aromatic carbocycles. The fourth-order valence-corrected chi connectivity index (χ4v) is 0.494. The van der Waals surface area contributed by atoms with Gasteiger partial charge in [0.25, 0.3) is 0 Å². The summed E-state index contributed by atoms with van der Waals surface area (Å²) in [7, 11) is 0. The number of allylic oxidation sites excluding steroid dienone is 2. The van der Waals surface area contributed by atoms with Crippen LogP contribution in [0.3, 0.4) is 0 Å². The molecule has 4 heteroatoms. The van der Waals surface area contributed by atoms with Crippen molar-refractivity contribution in [2.24, 2.45) is 0 Å². The Morgan fingerprint density at radius 2 is 2.00 bits per heavy atom.